The lowest BCUT2D eigenvalue weighted by Gasteiger charge is -2.09. The zero-order valence-corrected chi connectivity index (χ0v) is 15.3. The van der Waals surface area contributed by atoms with Gasteiger partial charge in [0.25, 0.3) is 5.91 Å². The van der Waals surface area contributed by atoms with E-state index in [4.69, 9.17) is 0 Å². The first-order chi connectivity index (χ1) is 13.5. The van der Waals surface area contributed by atoms with Crippen molar-refractivity contribution in [2.45, 2.75) is 25.7 Å². The lowest BCUT2D eigenvalue weighted by molar-refractivity contribution is -0.122. The monoisotopic (exact) mass is 383 g/mol. The SMILES string of the molecule is O=C(CCCNC(=O)C1CC1)Nc1cccc(C(=O)Nc2cccc(F)c2)c1. The van der Waals surface area contributed by atoms with Crippen LogP contribution in [0.25, 0.3) is 0 Å². The molecule has 0 aliphatic heterocycles. The van der Waals surface area contributed by atoms with Crippen molar-refractivity contribution in [1.82, 2.24) is 5.32 Å². The summed E-state index contributed by atoms with van der Waals surface area (Å²) >= 11 is 0. The molecule has 0 saturated heterocycles. The molecule has 0 bridgehead atoms. The molecule has 0 spiro atoms. The van der Waals surface area contributed by atoms with Gasteiger partial charge in [-0.25, -0.2) is 4.39 Å². The van der Waals surface area contributed by atoms with Gasteiger partial charge in [-0.1, -0.05) is 12.1 Å². The first kappa shape index (κ1) is 19.5. The van der Waals surface area contributed by atoms with Crippen LogP contribution in [0.3, 0.4) is 0 Å². The summed E-state index contributed by atoms with van der Waals surface area (Å²) in [5.41, 5.74) is 1.20. The van der Waals surface area contributed by atoms with Crippen LogP contribution in [0.15, 0.2) is 48.5 Å². The molecule has 2 aromatic rings. The molecule has 1 fully saturated rings. The third kappa shape index (κ3) is 5.90. The zero-order chi connectivity index (χ0) is 19.9. The predicted molar refractivity (Wildman–Crippen MR) is 104 cm³/mol. The average Bonchev–Trinajstić information content (AvgIpc) is 3.50. The highest BCUT2D eigenvalue weighted by molar-refractivity contribution is 6.05. The summed E-state index contributed by atoms with van der Waals surface area (Å²) in [6, 6.07) is 12.1. The molecule has 146 valence electrons. The lowest BCUT2D eigenvalue weighted by atomic mass is 10.1. The fourth-order valence-corrected chi connectivity index (χ4v) is 2.68. The van der Waals surface area contributed by atoms with Gasteiger partial charge in [-0.2, -0.15) is 0 Å². The Labute approximate surface area is 162 Å². The Bertz CT molecular complexity index is 881. The molecule has 1 aliphatic carbocycles. The van der Waals surface area contributed by atoms with Crippen molar-refractivity contribution in [3.8, 4) is 0 Å². The number of anilines is 2. The maximum Gasteiger partial charge on any atom is 0.255 e. The second-order valence-electron chi connectivity index (χ2n) is 6.76. The molecule has 3 N–H and O–H groups in total. The van der Waals surface area contributed by atoms with Crippen molar-refractivity contribution in [3.05, 3.63) is 59.9 Å². The van der Waals surface area contributed by atoms with Crippen LogP contribution in [-0.4, -0.2) is 24.3 Å². The van der Waals surface area contributed by atoms with Gasteiger partial charge in [-0.3, -0.25) is 14.4 Å². The van der Waals surface area contributed by atoms with Crippen LogP contribution >= 0.6 is 0 Å². The van der Waals surface area contributed by atoms with Gasteiger partial charge in [0.15, 0.2) is 0 Å². The van der Waals surface area contributed by atoms with Crippen LogP contribution in [0.2, 0.25) is 0 Å². The fourth-order valence-electron chi connectivity index (χ4n) is 2.68. The summed E-state index contributed by atoms with van der Waals surface area (Å²) in [5.74, 6) is -0.799. The number of rotatable bonds is 8. The summed E-state index contributed by atoms with van der Waals surface area (Å²) in [4.78, 5) is 35.9. The van der Waals surface area contributed by atoms with Crippen LogP contribution in [0.5, 0.6) is 0 Å². The molecule has 3 amide bonds. The molecule has 1 saturated carbocycles. The lowest BCUT2D eigenvalue weighted by Crippen LogP contribution is -2.26. The molecule has 2 aromatic carbocycles. The van der Waals surface area contributed by atoms with E-state index in [1.54, 1.807) is 30.3 Å². The summed E-state index contributed by atoms with van der Waals surface area (Å²) < 4.78 is 13.2. The quantitative estimate of drug-likeness (QED) is 0.611. The third-order valence-electron chi connectivity index (χ3n) is 4.32. The molecule has 0 heterocycles. The molecule has 0 unspecified atom stereocenters. The van der Waals surface area contributed by atoms with Crippen molar-refractivity contribution in [3.63, 3.8) is 0 Å². The van der Waals surface area contributed by atoms with E-state index in [1.165, 1.54) is 18.2 Å². The van der Waals surface area contributed by atoms with E-state index >= 15 is 0 Å². The van der Waals surface area contributed by atoms with Crippen LogP contribution in [0.4, 0.5) is 15.8 Å². The topological polar surface area (TPSA) is 87.3 Å². The van der Waals surface area contributed by atoms with E-state index in [2.05, 4.69) is 16.0 Å². The van der Waals surface area contributed by atoms with Gasteiger partial charge in [0.2, 0.25) is 11.8 Å². The fraction of sp³-hybridized carbons (Fsp3) is 0.286. The molecular weight excluding hydrogens is 361 g/mol. The molecular formula is C21H22FN3O3. The molecule has 0 atom stereocenters. The Morgan fingerprint density at radius 2 is 1.68 bits per heavy atom. The van der Waals surface area contributed by atoms with Crippen molar-refractivity contribution < 1.29 is 18.8 Å². The van der Waals surface area contributed by atoms with Crippen molar-refractivity contribution in [2.75, 3.05) is 17.2 Å². The first-order valence-electron chi connectivity index (χ1n) is 9.26. The third-order valence-corrected chi connectivity index (χ3v) is 4.32. The number of hydrogen-bond donors (Lipinski definition) is 3. The van der Waals surface area contributed by atoms with Gasteiger partial charge in [0.05, 0.1) is 0 Å². The average molecular weight is 383 g/mol. The van der Waals surface area contributed by atoms with E-state index in [1.807, 2.05) is 0 Å². The normalized spacial score (nSPS) is 12.9. The smallest absolute Gasteiger partial charge is 0.255 e. The largest absolute Gasteiger partial charge is 0.356 e. The summed E-state index contributed by atoms with van der Waals surface area (Å²) in [6.07, 6.45) is 2.72. The van der Waals surface area contributed by atoms with Gasteiger partial charge < -0.3 is 16.0 Å². The number of hydrogen-bond acceptors (Lipinski definition) is 3. The van der Waals surface area contributed by atoms with E-state index in [9.17, 15) is 18.8 Å². The molecule has 0 radical (unpaired) electrons. The number of carbonyl (C=O) groups is 3. The Hall–Kier alpha value is -3.22. The van der Waals surface area contributed by atoms with Crippen molar-refractivity contribution in [1.29, 1.82) is 0 Å². The van der Waals surface area contributed by atoms with Crippen LogP contribution in [0.1, 0.15) is 36.0 Å². The Morgan fingerprint density at radius 3 is 2.39 bits per heavy atom. The Balaban J connectivity index is 1.47. The van der Waals surface area contributed by atoms with Crippen LogP contribution < -0.4 is 16.0 Å². The molecule has 28 heavy (non-hydrogen) atoms. The van der Waals surface area contributed by atoms with E-state index in [-0.39, 0.29) is 24.2 Å². The number of amides is 3. The standard InChI is InChI=1S/C21H22FN3O3/c22-16-5-2-7-18(13-16)25-21(28)15-4-1-6-17(12-15)24-19(26)8-3-11-23-20(27)14-9-10-14/h1-2,4-7,12-14H,3,8-11H2,(H,23,27)(H,24,26)(H,25,28). The van der Waals surface area contributed by atoms with Gasteiger partial charge in [0.1, 0.15) is 5.82 Å². The molecule has 3 rings (SSSR count). The molecule has 1 aliphatic rings. The minimum atomic E-state index is -0.438. The first-order valence-corrected chi connectivity index (χ1v) is 9.26. The number of halogens is 1. The highest BCUT2D eigenvalue weighted by atomic mass is 19.1. The van der Waals surface area contributed by atoms with E-state index in [0.29, 0.717) is 29.9 Å². The molecule has 6 nitrogen and oxygen atoms in total. The number of benzene rings is 2. The van der Waals surface area contributed by atoms with Gasteiger partial charge in [0, 0.05) is 35.8 Å². The van der Waals surface area contributed by atoms with Crippen molar-refractivity contribution >= 4 is 29.1 Å². The van der Waals surface area contributed by atoms with Gasteiger partial charge in [-0.05, 0) is 55.7 Å². The molecule has 7 heteroatoms. The highest BCUT2D eigenvalue weighted by Gasteiger charge is 2.28. The minimum absolute atomic E-state index is 0.0671. The van der Waals surface area contributed by atoms with E-state index < -0.39 is 11.7 Å². The molecule has 0 aromatic heterocycles. The predicted octanol–water partition coefficient (Wildman–Crippen LogP) is 3.32. The second-order valence-corrected chi connectivity index (χ2v) is 6.76. The van der Waals surface area contributed by atoms with Crippen molar-refractivity contribution in [2.24, 2.45) is 5.92 Å². The maximum absolute atomic E-state index is 13.2. The number of nitrogens with one attached hydrogen (secondary N) is 3. The second kappa shape index (κ2) is 9.12. The minimum Gasteiger partial charge on any atom is -0.356 e. The zero-order valence-electron chi connectivity index (χ0n) is 15.3. The summed E-state index contributed by atoms with van der Waals surface area (Å²) in [7, 11) is 0. The van der Waals surface area contributed by atoms with Crippen LogP contribution in [-0.2, 0) is 9.59 Å². The highest BCUT2D eigenvalue weighted by Crippen LogP contribution is 2.28. The summed E-state index contributed by atoms with van der Waals surface area (Å²) in [5, 5.41) is 8.17. The Kier molecular flexibility index (Phi) is 6.37. The Morgan fingerprint density at radius 1 is 0.964 bits per heavy atom. The summed E-state index contributed by atoms with van der Waals surface area (Å²) in [6.45, 7) is 0.471. The van der Waals surface area contributed by atoms with Gasteiger partial charge in [-0.15, -0.1) is 0 Å². The number of carbonyl (C=O) groups excluding carboxylic acids is 3. The van der Waals surface area contributed by atoms with E-state index in [0.717, 1.165) is 12.8 Å². The maximum atomic E-state index is 13.2. The van der Waals surface area contributed by atoms with Crippen LogP contribution in [0, 0.1) is 11.7 Å². The van der Waals surface area contributed by atoms with Gasteiger partial charge >= 0.3 is 0 Å².